The molecule has 26 heavy (non-hydrogen) atoms. The smallest absolute Gasteiger partial charge is 0.290 e. The molecule has 0 unspecified atom stereocenters. The van der Waals surface area contributed by atoms with Crippen LogP contribution in [0.5, 0.6) is 5.75 Å². The molecule has 1 fully saturated rings. The lowest BCUT2D eigenvalue weighted by Crippen LogP contribution is -2.24. The van der Waals surface area contributed by atoms with Gasteiger partial charge in [-0.15, -0.1) is 12.4 Å². The van der Waals surface area contributed by atoms with Gasteiger partial charge < -0.3 is 9.64 Å². The van der Waals surface area contributed by atoms with E-state index in [0.717, 1.165) is 28.9 Å². The second-order valence-corrected chi connectivity index (χ2v) is 6.39. The van der Waals surface area contributed by atoms with Gasteiger partial charge in [0.2, 0.25) is 0 Å². The van der Waals surface area contributed by atoms with Crippen molar-refractivity contribution < 1.29 is 14.3 Å². The summed E-state index contributed by atoms with van der Waals surface area (Å²) in [7, 11) is 1.96. The van der Waals surface area contributed by atoms with Crippen molar-refractivity contribution in [3.63, 3.8) is 0 Å². The number of carbonyl (C=O) groups excluding carboxylic acids is 2. The number of halogens is 1. The van der Waals surface area contributed by atoms with Gasteiger partial charge in [-0.3, -0.25) is 14.9 Å². The third kappa shape index (κ3) is 5.24. The lowest BCUT2D eigenvalue weighted by atomic mass is 10.2. The van der Waals surface area contributed by atoms with Crippen LogP contribution in [0.3, 0.4) is 0 Å². The minimum absolute atomic E-state index is 0. The number of amides is 2. The number of nitrogens with zero attached hydrogens (tertiary/aromatic N) is 2. The highest BCUT2D eigenvalue weighted by Gasteiger charge is 2.24. The van der Waals surface area contributed by atoms with Gasteiger partial charge in [0.1, 0.15) is 18.2 Å². The summed E-state index contributed by atoms with van der Waals surface area (Å²) in [6.07, 6.45) is 3.44. The highest BCUT2D eigenvalue weighted by atomic mass is 35.5. The summed E-state index contributed by atoms with van der Waals surface area (Å²) in [4.78, 5) is 29.4. The van der Waals surface area contributed by atoms with E-state index in [2.05, 4.69) is 10.3 Å². The summed E-state index contributed by atoms with van der Waals surface area (Å²) in [5, 5.41) is 1.89. The molecule has 0 spiro atoms. The number of ether oxygens (including phenoxy) is 1. The van der Waals surface area contributed by atoms with Crippen molar-refractivity contribution in [3.05, 3.63) is 59.1 Å². The predicted octanol–water partition coefficient (Wildman–Crippen LogP) is 3.34. The number of nitrogens with one attached hydrogen (secondary N) is 1. The van der Waals surface area contributed by atoms with Gasteiger partial charge in [-0.05, 0) is 47.7 Å². The molecule has 1 N–H and O–H groups in total. The van der Waals surface area contributed by atoms with E-state index >= 15 is 0 Å². The van der Waals surface area contributed by atoms with Gasteiger partial charge >= 0.3 is 0 Å². The number of hydrogen-bond donors (Lipinski definition) is 1. The molecule has 6 nitrogen and oxygen atoms in total. The molecule has 0 saturated carbocycles. The maximum atomic E-state index is 11.5. The highest BCUT2D eigenvalue weighted by molar-refractivity contribution is 8.18. The van der Waals surface area contributed by atoms with Crippen LogP contribution >= 0.6 is 24.2 Å². The van der Waals surface area contributed by atoms with Crippen LogP contribution in [-0.4, -0.2) is 36.3 Å². The predicted molar refractivity (Wildman–Crippen MR) is 106 cm³/mol. The normalized spacial score (nSPS) is 14.7. The molecule has 0 aliphatic carbocycles. The molecular formula is C18H18ClN3O3S. The minimum atomic E-state index is -0.354. The number of thioether (sulfide) groups is 1. The molecule has 1 aliphatic heterocycles. The molecule has 1 aromatic carbocycles. The van der Waals surface area contributed by atoms with Gasteiger partial charge in [-0.1, -0.05) is 18.2 Å². The summed E-state index contributed by atoms with van der Waals surface area (Å²) in [5.74, 6) is 1.29. The summed E-state index contributed by atoms with van der Waals surface area (Å²) in [6.45, 7) is 1.24. The summed E-state index contributed by atoms with van der Waals surface area (Å²) in [6, 6.07) is 13.2. The van der Waals surface area contributed by atoms with E-state index in [-0.39, 0.29) is 23.6 Å². The van der Waals surface area contributed by atoms with Crippen molar-refractivity contribution >= 4 is 47.2 Å². The van der Waals surface area contributed by atoms with Crippen molar-refractivity contribution in [1.29, 1.82) is 0 Å². The molecule has 2 amide bonds. The van der Waals surface area contributed by atoms with Crippen molar-refractivity contribution in [2.75, 3.05) is 25.1 Å². The molecule has 1 saturated heterocycles. The van der Waals surface area contributed by atoms with Crippen LogP contribution in [0.15, 0.2) is 53.6 Å². The monoisotopic (exact) mass is 391 g/mol. The Morgan fingerprint density at radius 3 is 2.58 bits per heavy atom. The maximum absolute atomic E-state index is 11.5. The molecule has 0 atom stereocenters. The number of likely N-dealkylation sites (N-methyl/N-ethyl adjacent to an activating group) is 1. The number of carbonyl (C=O) groups is 2. The third-order valence-electron chi connectivity index (χ3n) is 3.56. The first-order valence-corrected chi connectivity index (χ1v) is 8.53. The van der Waals surface area contributed by atoms with E-state index < -0.39 is 0 Å². The van der Waals surface area contributed by atoms with Crippen LogP contribution < -0.4 is 15.0 Å². The standard InChI is InChI=1S/C18H17N3O3S.ClH/c1-21(16-4-2-3-9-19-16)10-11-24-14-7-5-13(6-8-14)12-15-17(22)20-18(23)25-15;/h2-9,12H,10-11H2,1H3,(H,20,22,23);1H. The molecule has 8 heteroatoms. The van der Waals surface area contributed by atoms with Gasteiger partial charge in [0.15, 0.2) is 0 Å². The zero-order chi connectivity index (χ0) is 17.6. The van der Waals surface area contributed by atoms with Crippen molar-refractivity contribution in [3.8, 4) is 5.75 Å². The Balaban J connectivity index is 0.00000243. The second-order valence-electron chi connectivity index (χ2n) is 5.38. The van der Waals surface area contributed by atoms with Crippen LogP contribution in [0.1, 0.15) is 5.56 Å². The summed E-state index contributed by atoms with van der Waals surface area (Å²) in [5.41, 5.74) is 0.838. The zero-order valence-electron chi connectivity index (χ0n) is 14.0. The first-order chi connectivity index (χ1) is 12.1. The van der Waals surface area contributed by atoms with Crippen LogP contribution in [0.2, 0.25) is 0 Å². The molecule has 0 bridgehead atoms. The fourth-order valence-corrected chi connectivity index (χ4v) is 2.91. The molecule has 2 heterocycles. The molecule has 0 radical (unpaired) electrons. The number of hydrogen-bond acceptors (Lipinski definition) is 6. The van der Waals surface area contributed by atoms with Gasteiger partial charge in [0.05, 0.1) is 11.4 Å². The van der Waals surface area contributed by atoms with Gasteiger partial charge in [-0.2, -0.15) is 0 Å². The summed E-state index contributed by atoms with van der Waals surface area (Å²) >= 11 is 0.907. The Morgan fingerprint density at radius 1 is 1.19 bits per heavy atom. The summed E-state index contributed by atoms with van der Waals surface area (Å²) < 4.78 is 5.73. The lowest BCUT2D eigenvalue weighted by molar-refractivity contribution is -0.115. The van der Waals surface area contributed by atoms with E-state index in [4.69, 9.17) is 4.74 Å². The largest absolute Gasteiger partial charge is 0.492 e. The van der Waals surface area contributed by atoms with Gasteiger partial charge in [0.25, 0.3) is 11.1 Å². The Labute approximate surface area is 162 Å². The average molecular weight is 392 g/mol. The Hall–Kier alpha value is -2.51. The molecule has 136 valence electrons. The quantitative estimate of drug-likeness (QED) is 0.761. The molecule has 2 aromatic rings. The topological polar surface area (TPSA) is 71.5 Å². The van der Waals surface area contributed by atoms with Crippen molar-refractivity contribution in [2.45, 2.75) is 0 Å². The zero-order valence-corrected chi connectivity index (χ0v) is 15.7. The van der Waals surface area contributed by atoms with Gasteiger partial charge in [-0.25, -0.2) is 4.98 Å². The number of aromatic nitrogens is 1. The van der Waals surface area contributed by atoms with E-state index in [0.29, 0.717) is 18.1 Å². The SMILES string of the molecule is CN(CCOc1ccc(C=C2SC(=O)NC2=O)cc1)c1ccccn1.Cl. The maximum Gasteiger partial charge on any atom is 0.290 e. The number of imide groups is 1. The second kappa shape index (κ2) is 9.26. The van der Waals surface area contributed by atoms with Crippen LogP contribution in [0.25, 0.3) is 6.08 Å². The first-order valence-electron chi connectivity index (χ1n) is 7.72. The number of anilines is 1. The third-order valence-corrected chi connectivity index (χ3v) is 4.37. The van der Waals surface area contributed by atoms with E-state index in [1.165, 1.54) is 0 Å². The number of pyridine rings is 1. The van der Waals surface area contributed by atoms with E-state index in [1.54, 1.807) is 12.3 Å². The Bertz CT molecular complexity index is 797. The van der Waals surface area contributed by atoms with Gasteiger partial charge in [0, 0.05) is 13.2 Å². The van der Waals surface area contributed by atoms with Crippen LogP contribution in [0, 0.1) is 0 Å². The fourth-order valence-electron chi connectivity index (χ4n) is 2.23. The fraction of sp³-hybridized carbons (Fsp3) is 0.167. The molecule has 1 aliphatic rings. The lowest BCUT2D eigenvalue weighted by Gasteiger charge is -2.18. The Morgan fingerprint density at radius 2 is 1.96 bits per heavy atom. The number of rotatable bonds is 6. The van der Waals surface area contributed by atoms with Crippen molar-refractivity contribution in [2.24, 2.45) is 0 Å². The van der Waals surface area contributed by atoms with E-state index in [9.17, 15) is 9.59 Å². The molecule has 1 aromatic heterocycles. The van der Waals surface area contributed by atoms with E-state index in [1.807, 2.05) is 54.4 Å². The average Bonchev–Trinajstić information content (AvgIpc) is 2.94. The van der Waals surface area contributed by atoms with Crippen molar-refractivity contribution in [1.82, 2.24) is 10.3 Å². The highest BCUT2D eigenvalue weighted by Crippen LogP contribution is 2.26. The molecule has 3 rings (SSSR count). The minimum Gasteiger partial charge on any atom is -0.492 e. The van der Waals surface area contributed by atoms with Crippen LogP contribution in [0.4, 0.5) is 10.6 Å². The first kappa shape index (κ1) is 19.8. The molecular weight excluding hydrogens is 374 g/mol. The number of benzene rings is 1. The Kier molecular flexibility index (Phi) is 7.06. The van der Waals surface area contributed by atoms with Crippen LogP contribution in [-0.2, 0) is 4.79 Å².